The third-order valence-electron chi connectivity index (χ3n) is 8.27. The molecule has 43 heavy (non-hydrogen) atoms. The van der Waals surface area contributed by atoms with E-state index in [1.54, 1.807) is 21.3 Å². The Labute approximate surface area is 252 Å². The normalized spacial score (nSPS) is 14.2. The van der Waals surface area contributed by atoms with Crippen LogP contribution in [-0.4, -0.2) is 67.6 Å². The van der Waals surface area contributed by atoms with Crippen LogP contribution < -0.4 is 19.5 Å². The zero-order valence-electron chi connectivity index (χ0n) is 25.8. The Morgan fingerprint density at radius 2 is 1.67 bits per heavy atom. The van der Waals surface area contributed by atoms with Crippen molar-refractivity contribution in [3.8, 4) is 28.6 Å². The highest BCUT2D eigenvalue weighted by Gasteiger charge is 2.45. The van der Waals surface area contributed by atoms with Crippen molar-refractivity contribution >= 4 is 22.8 Å². The van der Waals surface area contributed by atoms with Crippen molar-refractivity contribution in [2.45, 2.75) is 45.4 Å². The molecule has 0 aliphatic carbocycles. The van der Waals surface area contributed by atoms with Crippen LogP contribution in [0.1, 0.15) is 54.2 Å². The monoisotopic (exact) mass is 584 g/mol. The summed E-state index contributed by atoms with van der Waals surface area (Å²) in [7, 11) is 4.87. The molecule has 226 valence electrons. The van der Waals surface area contributed by atoms with Gasteiger partial charge in [0, 0.05) is 6.54 Å². The third-order valence-corrected chi connectivity index (χ3v) is 8.27. The minimum Gasteiger partial charge on any atom is -0.496 e. The Morgan fingerprint density at radius 1 is 0.930 bits per heavy atom. The molecule has 2 N–H and O–H groups in total. The predicted octanol–water partition coefficient (Wildman–Crippen LogP) is 5.30. The fraction of sp³-hybridized carbons (Fsp3) is 0.382. The molecule has 3 aromatic carbocycles. The van der Waals surface area contributed by atoms with Crippen molar-refractivity contribution < 1.29 is 23.8 Å². The number of carbonyl (C=O) groups excluding carboxylic acids is 2. The van der Waals surface area contributed by atoms with E-state index in [1.165, 1.54) is 4.90 Å². The highest BCUT2D eigenvalue weighted by atomic mass is 16.5. The zero-order chi connectivity index (χ0) is 30.7. The molecule has 0 saturated carbocycles. The fourth-order valence-corrected chi connectivity index (χ4v) is 5.83. The van der Waals surface area contributed by atoms with Gasteiger partial charge >= 0.3 is 0 Å². The van der Waals surface area contributed by atoms with Gasteiger partial charge in [-0.05, 0) is 87.2 Å². The molecular formula is C34H40N4O5. The van der Waals surface area contributed by atoms with Crippen LogP contribution in [0.15, 0.2) is 48.5 Å². The van der Waals surface area contributed by atoms with Gasteiger partial charge in [0.25, 0.3) is 5.91 Å². The van der Waals surface area contributed by atoms with E-state index in [-0.39, 0.29) is 11.8 Å². The molecule has 1 aliphatic heterocycles. The average Bonchev–Trinajstić information content (AvgIpc) is 3.47. The van der Waals surface area contributed by atoms with Crippen molar-refractivity contribution in [1.29, 1.82) is 0 Å². The number of rotatable bonds is 12. The van der Waals surface area contributed by atoms with E-state index in [0.29, 0.717) is 53.7 Å². The summed E-state index contributed by atoms with van der Waals surface area (Å²) in [6, 6.07) is 15.6. The molecule has 2 amide bonds. The van der Waals surface area contributed by atoms with Crippen molar-refractivity contribution in [3.63, 3.8) is 0 Å². The first-order valence-electron chi connectivity index (χ1n) is 14.7. The van der Waals surface area contributed by atoms with Gasteiger partial charge in [-0.15, -0.1) is 0 Å². The Balaban J connectivity index is 1.34. The Kier molecular flexibility index (Phi) is 8.73. The molecule has 9 nitrogen and oxygen atoms in total. The second-order valence-electron chi connectivity index (χ2n) is 11.3. The first-order valence-corrected chi connectivity index (χ1v) is 14.7. The number of hydrogen-bond acceptors (Lipinski definition) is 7. The lowest BCUT2D eigenvalue weighted by molar-refractivity contribution is -0.134. The zero-order valence-corrected chi connectivity index (χ0v) is 25.8. The average molecular weight is 585 g/mol. The molecule has 0 bridgehead atoms. The van der Waals surface area contributed by atoms with Crippen LogP contribution in [0.25, 0.3) is 22.4 Å². The maximum absolute atomic E-state index is 14.0. The number of benzene rings is 3. The van der Waals surface area contributed by atoms with Crippen LogP contribution >= 0.6 is 0 Å². The quantitative estimate of drug-likeness (QED) is 0.172. The number of carbonyl (C=O) groups is 2. The van der Waals surface area contributed by atoms with Gasteiger partial charge in [-0.3, -0.25) is 14.5 Å². The molecule has 0 saturated heterocycles. The molecular weight excluding hydrogens is 544 g/mol. The highest BCUT2D eigenvalue weighted by molar-refractivity contribution is 6.18. The number of amides is 2. The highest BCUT2D eigenvalue weighted by Crippen LogP contribution is 2.40. The van der Waals surface area contributed by atoms with E-state index in [0.717, 1.165) is 47.2 Å². The minimum atomic E-state index is -0.863. The number of nitrogens with one attached hydrogen (secondary N) is 2. The van der Waals surface area contributed by atoms with Crippen LogP contribution in [0.2, 0.25) is 0 Å². The number of methoxy groups -OCH3 is 3. The van der Waals surface area contributed by atoms with E-state index < -0.39 is 5.41 Å². The van der Waals surface area contributed by atoms with E-state index in [1.807, 2.05) is 62.4 Å². The van der Waals surface area contributed by atoms with E-state index in [4.69, 9.17) is 19.2 Å². The number of aromatic nitrogens is 2. The summed E-state index contributed by atoms with van der Waals surface area (Å²) >= 11 is 0. The number of nitrogens with zero attached hydrogens (tertiary/aromatic N) is 2. The van der Waals surface area contributed by atoms with Gasteiger partial charge in [0.2, 0.25) is 5.91 Å². The summed E-state index contributed by atoms with van der Waals surface area (Å²) in [5, 5.41) is 3.44. The Morgan fingerprint density at radius 3 is 2.40 bits per heavy atom. The van der Waals surface area contributed by atoms with Crippen molar-refractivity contribution in [3.05, 3.63) is 70.8 Å². The minimum absolute atomic E-state index is 0.179. The van der Waals surface area contributed by atoms with Gasteiger partial charge in [0.1, 0.15) is 11.6 Å². The molecule has 1 aliphatic rings. The van der Waals surface area contributed by atoms with Crippen LogP contribution in [0.5, 0.6) is 17.2 Å². The van der Waals surface area contributed by atoms with Gasteiger partial charge < -0.3 is 24.5 Å². The van der Waals surface area contributed by atoms with Gasteiger partial charge in [0.15, 0.2) is 11.5 Å². The van der Waals surface area contributed by atoms with Gasteiger partial charge in [-0.2, -0.15) is 0 Å². The van der Waals surface area contributed by atoms with Crippen LogP contribution in [-0.2, 0) is 23.1 Å². The van der Waals surface area contributed by atoms with Gasteiger partial charge in [-0.25, -0.2) is 4.98 Å². The van der Waals surface area contributed by atoms with E-state index in [2.05, 4.69) is 17.2 Å². The number of fused-ring (bicyclic) bond motifs is 3. The van der Waals surface area contributed by atoms with Crippen LogP contribution in [0.4, 0.5) is 0 Å². The summed E-state index contributed by atoms with van der Waals surface area (Å²) in [6.07, 6.45) is 2.17. The van der Waals surface area contributed by atoms with E-state index in [9.17, 15) is 9.59 Å². The van der Waals surface area contributed by atoms with Gasteiger partial charge in [0.05, 0.1) is 48.9 Å². The lowest BCUT2D eigenvalue weighted by Gasteiger charge is -2.38. The molecule has 0 unspecified atom stereocenters. The maximum atomic E-state index is 14.0. The van der Waals surface area contributed by atoms with E-state index >= 15 is 0 Å². The third kappa shape index (κ3) is 5.57. The summed E-state index contributed by atoms with van der Waals surface area (Å²) in [5.74, 6) is 2.26. The number of aromatic amines is 1. The molecule has 0 fully saturated rings. The lowest BCUT2D eigenvalue weighted by Crippen LogP contribution is -2.52. The predicted molar refractivity (Wildman–Crippen MR) is 167 cm³/mol. The number of imide groups is 1. The summed E-state index contributed by atoms with van der Waals surface area (Å²) in [4.78, 5) is 37.5. The molecule has 4 aromatic rings. The maximum Gasteiger partial charge on any atom is 0.262 e. The summed E-state index contributed by atoms with van der Waals surface area (Å²) < 4.78 is 16.3. The number of para-hydroxylation sites is 1. The Hall–Kier alpha value is -4.37. The Bertz CT molecular complexity index is 1660. The molecule has 1 aromatic heterocycles. The number of H-pyrrole nitrogens is 1. The molecule has 0 radical (unpaired) electrons. The smallest absolute Gasteiger partial charge is 0.262 e. The van der Waals surface area contributed by atoms with Crippen LogP contribution in [0.3, 0.4) is 0 Å². The topological polar surface area (TPSA) is 106 Å². The SMILES string of the molecule is CCc1cc2c(c3[nH]c(-c4ccccc4OC)nc13)C(=O)N(CCCNCCc1ccc(OC)c(OC)c1)C(=O)C2(C)C. The molecule has 5 rings (SSSR count). The largest absolute Gasteiger partial charge is 0.496 e. The number of ether oxygens (including phenoxy) is 3. The molecule has 2 heterocycles. The van der Waals surface area contributed by atoms with Crippen LogP contribution in [0, 0.1) is 0 Å². The first-order chi connectivity index (χ1) is 20.7. The molecule has 9 heteroatoms. The van der Waals surface area contributed by atoms with Gasteiger partial charge in [-0.1, -0.05) is 31.2 Å². The second-order valence-corrected chi connectivity index (χ2v) is 11.3. The number of imidazole rings is 1. The molecule has 0 spiro atoms. The lowest BCUT2D eigenvalue weighted by atomic mass is 9.75. The first kappa shape index (κ1) is 30.1. The summed E-state index contributed by atoms with van der Waals surface area (Å²) in [6.45, 7) is 7.61. The summed E-state index contributed by atoms with van der Waals surface area (Å²) in [5.41, 5.74) is 4.75. The van der Waals surface area contributed by atoms with Crippen molar-refractivity contribution in [1.82, 2.24) is 20.2 Å². The fourth-order valence-electron chi connectivity index (χ4n) is 5.83. The second kappa shape index (κ2) is 12.5. The number of hydrogen-bond donors (Lipinski definition) is 2. The van der Waals surface area contributed by atoms with Crippen molar-refractivity contribution in [2.75, 3.05) is 41.0 Å². The van der Waals surface area contributed by atoms with Crippen molar-refractivity contribution in [2.24, 2.45) is 0 Å². The molecule has 0 atom stereocenters. The standard InChI is InChI=1S/C34H40N4O5/c1-7-22-20-24-28(30-29(22)36-31(37-30)23-11-8-9-12-25(23)41-4)32(39)38(33(40)34(24,2)3)18-10-16-35-17-15-21-13-14-26(42-5)27(19-21)43-6/h8-9,11-14,19-20,35H,7,10,15-18H2,1-6H3,(H,36,37). The number of aryl methyl sites for hydroxylation is 1.